The van der Waals surface area contributed by atoms with Crippen LogP contribution in [0.15, 0.2) is 17.5 Å². The first-order valence-electron chi connectivity index (χ1n) is 5.76. The number of aryl methyl sites for hydroxylation is 1. The molecule has 1 amide bonds. The van der Waals surface area contributed by atoms with Gasteiger partial charge in [0.1, 0.15) is 17.0 Å². The van der Waals surface area contributed by atoms with Gasteiger partial charge in [0.05, 0.1) is 22.8 Å². The molecule has 6 nitrogen and oxygen atoms in total. The number of thiazole rings is 1. The normalized spacial score (nSPS) is 10.2. The number of nitrogens with zero attached hydrogens (tertiary/aromatic N) is 1. The molecule has 0 fully saturated rings. The summed E-state index contributed by atoms with van der Waals surface area (Å²) in [5, 5.41) is 14.1. The molecule has 1 heterocycles. The van der Waals surface area contributed by atoms with E-state index in [1.165, 1.54) is 30.6 Å². The Balaban J connectivity index is 2.32. The first kappa shape index (κ1) is 15.3. The molecule has 0 radical (unpaired) electrons. The van der Waals surface area contributed by atoms with Crippen molar-refractivity contribution in [3.63, 3.8) is 0 Å². The standard InChI is InChI=1S/C13H11ClN2O4S/c1-6-15-10(5-21-6)12(17)16-9-4-11(20-2)7(13(18)19)3-8(9)14/h3-5H,1-2H3,(H,16,17)(H,18,19). The predicted molar refractivity (Wildman–Crippen MR) is 79.8 cm³/mol. The van der Waals surface area contributed by atoms with Gasteiger partial charge in [-0.05, 0) is 13.0 Å². The Bertz CT molecular complexity index is 714. The van der Waals surface area contributed by atoms with E-state index in [1.54, 1.807) is 12.3 Å². The molecule has 2 rings (SSSR count). The summed E-state index contributed by atoms with van der Waals surface area (Å²) < 4.78 is 4.99. The second kappa shape index (κ2) is 6.11. The lowest BCUT2D eigenvalue weighted by Crippen LogP contribution is -2.13. The van der Waals surface area contributed by atoms with Crippen molar-refractivity contribution in [3.8, 4) is 5.75 Å². The number of hydrogen-bond donors (Lipinski definition) is 2. The van der Waals surface area contributed by atoms with Gasteiger partial charge in [0.15, 0.2) is 0 Å². The molecule has 0 atom stereocenters. The number of halogens is 1. The summed E-state index contributed by atoms with van der Waals surface area (Å²) in [4.78, 5) is 27.1. The molecular formula is C13H11ClN2O4S. The fourth-order valence-corrected chi connectivity index (χ4v) is 2.44. The molecule has 21 heavy (non-hydrogen) atoms. The average Bonchev–Trinajstić information content (AvgIpc) is 2.87. The Kier molecular flexibility index (Phi) is 4.44. The third kappa shape index (κ3) is 3.32. The van der Waals surface area contributed by atoms with Crippen LogP contribution < -0.4 is 10.1 Å². The highest BCUT2D eigenvalue weighted by molar-refractivity contribution is 7.09. The second-order valence-electron chi connectivity index (χ2n) is 4.04. The van der Waals surface area contributed by atoms with Crippen molar-refractivity contribution in [1.29, 1.82) is 0 Å². The van der Waals surface area contributed by atoms with E-state index in [9.17, 15) is 9.59 Å². The summed E-state index contributed by atoms with van der Waals surface area (Å²) in [6, 6.07) is 2.59. The van der Waals surface area contributed by atoms with Crippen LogP contribution >= 0.6 is 22.9 Å². The summed E-state index contributed by atoms with van der Waals surface area (Å²) in [5.41, 5.74) is 0.453. The van der Waals surface area contributed by atoms with E-state index >= 15 is 0 Å². The number of aromatic carboxylic acids is 1. The molecule has 0 saturated carbocycles. The van der Waals surface area contributed by atoms with Gasteiger partial charge in [0.25, 0.3) is 5.91 Å². The molecule has 2 N–H and O–H groups in total. The molecule has 110 valence electrons. The topological polar surface area (TPSA) is 88.5 Å². The van der Waals surface area contributed by atoms with Crippen molar-refractivity contribution in [2.45, 2.75) is 6.92 Å². The number of rotatable bonds is 4. The van der Waals surface area contributed by atoms with Gasteiger partial charge in [-0.3, -0.25) is 4.79 Å². The van der Waals surface area contributed by atoms with E-state index in [0.29, 0.717) is 0 Å². The third-order valence-corrected chi connectivity index (χ3v) is 3.71. The van der Waals surface area contributed by atoms with Crippen molar-refractivity contribution in [2.75, 3.05) is 12.4 Å². The lowest BCUT2D eigenvalue weighted by molar-refractivity contribution is 0.0693. The fourth-order valence-electron chi connectivity index (χ4n) is 1.64. The van der Waals surface area contributed by atoms with Gasteiger partial charge >= 0.3 is 5.97 Å². The first-order chi connectivity index (χ1) is 9.92. The molecule has 0 spiro atoms. The largest absolute Gasteiger partial charge is 0.496 e. The van der Waals surface area contributed by atoms with Crippen LogP contribution in [0.25, 0.3) is 0 Å². The number of carboxylic acid groups (broad SMARTS) is 1. The zero-order valence-electron chi connectivity index (χ0n) is 11.1. The number of nitrogens with one attached hydrogen (secondary N) is 1. The Morgan fingerprint density at radius 3 is 2.67 bits per heavy atom. The van der Waals surface area contributed by atoms with E-state index in [4.69, 9.17) is 21.4 Å². The lowest BCUT2D eigenvalue weighted by Gasteiger charge is -2.10. The molecule has 1 aromatic heterocycles. The Labute approximate surface area is 129 Å². The number of ether oxygens (including phenoxy) is 1. The lowest BCUT2D eigenvalue weighted by atomic mass is 10.1. The molecule has 0 aliphatic rings. The second-order valence-corrected chi connectivity index (χ2v) is 5.51. The maximum absolute atomic E-state index is 12.0. The summed E-state index contributed by atoms with van der Waals surface area (Å²) in [6.07, 6.45) is 0. The molecule has 1 aromatic carbocycles. The van der Waals surface area contributed by atoms with Gasteiger partial charge in [0.2, 0.25) is 0 Å². The highest BCUT2D eigenvalue weighted by Gasteiger charge is 2.17. The molecule has 8 heteroatoms. The molecule has 0 bridgehead atoms. The van der Waals surface area contributed by atoms with Crippen molar-refractivity contribution in [1.82, 2.24) is 4.98 Å². The van der Waals surface area contributed by atoms with Crippen LogP contribution in [-0.2, 0) is 0 Å². The average molecular weight is 327 g/mol. The van der Waals surface area contributed by atoms with Crippen LogP contribution in [0, 0.1) is 6.92 Å². The van der Waals surface area contributed by atoms with Crippen molar-refractivity contribution < 1.29 is 19.4 Å². The number of benzene rings is 1. The summed E-state index contributed by atoms with van der Waals surface area (Å²) in [7, 11) is 1.34. The van der Waals surface area contributed by atoms with Crippen LogP contribution in [-0.4, -0.2) is 29.1 Å². The fraction of sp³-hybridized carbons (Fsp3) is 0.154. The quantitative estimate of drug-likeness (QED) is 0.901. The van der Waals surface area contributed by atoms with E-state index in [1.807, 2.05) is 0 Å². The first-order valence-corrected chi connectivity index (χ1v) is 7.02. The molecular weight excluding hydrogens is 316 g/mol. The van der Waals surface area contributed by atoms with Crippen molar-refractivity contribution >= 4 is 40.5 Å². The van der Waals surface area contributed by atoms with Crippen molar-refractivity contribution in [3.05, 3.63) is 38.8 Å². The zero-order valence-corrected chi connectivity index (χ0v) is 12.7. The number of anilines is 1. The van der Waals surface area contributed by atoms with Gasteiger partial charge in [-0.1, -0.05) is 11.6 Å². The van der Waals surface area contributed by atoms with Crippen molar-refractivity contribution in [2.24, 2.45) is 0 Å². The van der Waals surface area contributed by atoms with Crippen LogP contribution in [0.5, 0.6) is 5.75 Å². The number of carboxylic acids is 1. The Hall–Kier alpha value is -2.12. The van der Waals surface area contributed by atoms with E-state index in [-0.39, 0.29) is 27.7 Å². The minimum Gasteiger partial charge on any atom is -0.496 e. The zero-order chi connectivity index (χ0) is 15.6. The minimum absolute atomic E-state index is 0.0787. The SMILES string of the molecule is COc1cc(NC(=O)c2csc(C)n2)c(Cl)cc1C(=O)O. The number of methoxy groups -OCH3 is 1. The molecule has 0 saturated heterocycles. The molecule has 0 aliphatic carbocycles. The van der Waals surface area contributed by atoms with Crippen LogP contribution in [0.3, 0.4) is 0 Å². The maximum Gasteiger partial charge on any atom is 0.339 e. The monoisotopic (exact) mass is 326 g/mol. The molecule has 0 aliphatic heterocycles. The number of aromatic nitrogens is 1. The Morgan fingerprint density at radius 2 is 2.14 bits per heavy atom. The van der Waals surface area contributed by atoms with Gasteiger partial charge in [-0.15, -0.1) is 11.3 Å². The van der Waals surface area contributed by atoms with E-state index in [0.717, 1.165) is 5.01 Å². The maximum atomic E-state index is 12.0. The number of carbonyl (C=O) groups excluding carboxylic acids is 1. The summed E-state index contributed by atoms with van der Waals surface area (Å²) >= 11 is 7.34. The predicted octanol–water partition coefficient (Wildman–Crippen LogP) is 3.06. The number of amides is 1. The summed E-state index contributed by atoms with van der Waals surface area (Å²) in [6.45, 7) is 1.79. The highest BCUT2D eigenvalue weighted by Crippen LogP contribution is 2.31. The van der Waals surface area contributed by atoms with E-state index < -0.39 is 11.9 Å². The minimum atomic E-state index is -1.17. The van der Waals surface area contributed by atoms with Crippen LogP contribution in [0.1, 0.15) is 25.9 Å². The Morgan fingerprint density at radius 1 is 1.43 bits per heavy atom. The van der Waals surface area contributed by atoms with Crippen LogP contribution in [0.2, 0.25) is 5.02 Å². The van der Waals surface area contributed by atoms with Gasteiger partial charge < -0.3 is 15.2 Å². The van der Waals surface area contributed by atoms with Gasteiger partial charge in [-0.25, -0.2) is 9.78 Å². The molecule has 0 unspecified atom stereocenters. The van der Waals surface area contributed by atoms with Gasteiger partial charge in [0, 0.05) is 11.4 Å². The summed E-state index contributed by atoms with van der Waals surface area (Å²) in [5.74, 6) is -1.48. The smallest absolute Gasteiger partial charge is 0.339 e. The van der Waals surface area contributed by atoms with Crippen LogP contribution in [0.4, 0.5) is 5.69 Å². The van der Waals surface area contributed by atoms with Gasteiger partial charge in [-0.2, -0.15) is 0 Å². The number of hydrogen-bond acceptors (Lipinski definition) is 5. The van der Waals surface area contributed by atoms with E-state index in [2.05, 4.69) is 10.3 Å². The number of carbonyl (C=O) groups is 2. The highest BCUT2D eigenvalue weighted by atomic mass is 35.5. The molecule has 2 aromatic rings. The third-order valence-electron chi connectivity index (χ3n) is 2.62.